The van der Waals surface area contributed by atoms with Gasteiger partial charge in [0.1, 0.15) is 16.5 Å². The first-order valence-electron chi connectivity index (χ1n) is 5.82. The van der Waals surface area contributed by atoms with Gasteiger partial charge in [-0.25, -0.2) is 8.42 Å². The molecule has 20 heavy (non-hydrogen) atoms. The lowest BCUT2D eigenvalue weighted by atomic mass is 10.2. The quantitative estimate of drug-likeness (QED) is 0.739. The number of hydrogen-bond donors (Lipinski definition) is 3. The molecule has 1 aromatic heterocycles. The van der Waals surface area contributed by atoms with Gasteiger partial charge in [-0.3, -0.25) is 9.82 Å². The highest BCUT2D eigenvalue weighted by atomic mass is 32.2. The maximum absolute atomic E-state index is 12.4. The molecule has 0 atom stereocenters. The Morgan fingerprint density at radius 2 is 2.00 bits per heavy atom. The lowest BCUT2D eigenvalue weighted by molar-refractivity contribution is 0.402. The number of aromatic amines is 1. The van der Waals surface area contributed by atoms with E-state index in [2.05, 4.69) is 14.9 Å². The fourth-order valence-corrected chi connectivity index (χ4v) is 2.96. The predicted octanol–water partition coefficient (Wildman–Crippen LogP) is 1.42. The maximum atomic E-state index is 12.4. The number of hydrogen-bond acceptors (Lipinski definition) is 5. The number of anilines is 2. The van der Waals surface area contributed by atoms with Crippen LogP contribution >= 0.6 is 0 Å². The summed E-state index contributed by atoms with van der Waals surface area (Å²) in [6.45, 7) is 3.52. The van der Waals surface area contributed by atoms with Crippen molar-refractivity contribution < 1.29 is 13.2 Å². The van der Waals surface area contributed by atoms with E-state index in [1.807, 2.05) is 0 Å². The highest BCUT2D eigenvalue weighted by Crippen LogP contribution is 2.30. The van der Waals surface area contributed by atoms with Gasteiger partial charge in [0.05, 0.1) is 13.3 Å². The SMILES string of the molecule is COc1cc(C)c(N)cc1S(=O)(=O)Nc1[nH]ncc1C. The topological polar surface area (TPSA) is 110 Å². The predicted molar refractivity (Wildman–Crippen MR) is 76.3 cm³/mol. The molecule has 0 aliphatic heterocycles. The number of nitrogens with one attached hydrogen (secondary N) is 2. The van der Waals surface area contributed by atoms with Gasteiger partial charge >= 0.3 is 0 Å². The Labute approximate surface area is 117 Å². The molecule has 1 aromatic carbocycles. The third-order valence-corrected chi connectivity index (χ3v) is 4.28. The normalized spacial score (nSPS) is 11.3. The average Bonchev–Trinajstić information content (AvgIpc) is 2.77. The molecule has 0 aliphatic carbocycles. The number of rotatable bonds is 4. The number of nitrogen functional groups attached to an aromatic ring is 1. The molecule has 2 aromatic rings. The number of methoxy groups -OCH3 is 1. The smallest absolute Gasteiger partial charge is 0.266 e. The van der Waals surface area contributed by atoms with Crippen LogP contribution in [-0.4, -0.2) is 25.7 Å². The van der Waals surface area contributed by atoms with E-state index in [-0.39, 0.29) is 10.6 Å². The summed E-state index contributed by atoms with van der Waals surface area (Å²) in [5.41, 5.74) is 7.59. The molecular formula is C12H16N4O3S. The summed E-state index contributed by atoms with van der Waals surface area (Å²) in [5, 5.41) is 6.35. The lowest BCUT2D eigenvalue weighted by Crippen LogP contribution is -2.15. The van der Waals surface area contributed by atoms with Crippen LogP contribution in [0.3, 0.4) is 0 Å². The Bertz CT molecular complexity index is 737. The monoisotopic (exact) mass is 296 g/mol. The molecule has 0 unspecified atom stereocenters. The van der Waals surface area contributed by atoms with Crippen molar-refractivity contribution in [1.82, 2.24) is 10.2 Å². The lowest BCUT2D eigenvalue weighted by Gasteiger charge is -2.13. The van der Waals surface area contributed by atoms with E-state index >= 15 is 0 Å². The first-order chi connectivity index (χ1) is 9.35. The fourth-order valence-electron chi connectivity index (χ4n) is 1.69. The molecule has 0 bridgehead atoms. The van der Waals surface area contributed by atoms with Gasteiger partial charge in [-0.1, -0.05) is 0 Å². The van der Waals surface area contributed by atoms with Crippen molar-refractivity contribution in [1.29, 1.82) is 0 Å². The Hall–Kier alpha value is -2.22. The summed E-state index contributed by atoms with van der Waals surface area (Å²) >= 11 is 0. The molecule has 0 saturated carbocycles. The summed E-state index contributed by atoms with van der Waals surface area (Å²) in [4.78, 5) is -0.0166. The minimum atomic E-state index is -3.81. The Morgan fingerprint density at radius 1 is 1.30 bits per heavy atom. The van der Waals surface area contributed by atoms with Crippen molar-refractivity contribution in [2.75, 3.05) is 17.6 Å². The molecule has 7 nitrogen and oxygen atoms in total. The van der Waals surface area contributed by atoms with E-state index in [0.717, 1.165) is 5.56 Å². The molecule has 2 rings (SSSR count). The summed E-state index contributed by atoms with van der Waals surface area (Å²) < 4.78 is 32.3. The van der Waals surface area contributed by atoms with Crippen LogP contribution in [0.25, 0.3) is 0 Å². The number of nitrogens with zero attached hydrogens (tertiary/aromatic N) is 1. The molecule has 0 saturated heterocycles. The Morgan fingerprint density at radius 3 is 2.55 bits per heavy atom. The van der Waals surface area contributed by atoms with Gasteiger partial charge in [-0.15, -0.1) is 0 Å². The second kappa shape index (κ2) is 5.04. The molecule has 0 spiro atoms. The number of aryl methyl sites for hydroxylation is 2. The van der Waals surface area contributed by atoms with Crippen LogP contribution in [0.2, 0.25) is 0 Å². The second-order valence-corrected chi connectivity index (χ2v) is 6.04. The van der Waals surface area contributed by atoms with Gasteiger partial charge in [0.15, 0.2) is 0 Å². The molecule has 0 aliphatic rings. The molecule has 0 amide bonds. The van der Waals surface area contributed by atoms with Gasteiger partial charge in [0.25, 0.3) is 10.0 Å². The third kappa shape index (κ3) is 2.55. The molecule has 0 radical (unpaired) electrons. The summed E-state index contributed by atoms with van der Waals surface area (Å²) in [6.07, 6.45) is 1.53. The van der Waals surface area contributed by atoms with Crippen molar-refractivity contribution in [3.8, 4) is 5.75 Å². The van der Waals surface area contributed by atoms with Crippen LogP contribution in [0.15, 0.2) is 23.2 Å². The van der Waals surface area contributed by atoms with Crippen molar-refractivity contribution in [3.63, 3.8) is 0 Å². The number of sulfonamides is 1. The number of nitrogens with two attached hydrogens (primary N) is 1. The van der Waals surface area contributed by atoms with Crippen LogP contribution in [0.4, 0.5) is 11.5 Å². The van der Waals surface area contributed by atoms with E-state index in [9.17, 15) is 8.42 Å². The van der Waals surface area contributed by atoms with Gasteiger partial charge in [0.2, 0.25) is 0 Å². The zero-order chi connectivity index (χ0) is 14.9. The van der Waals surface area contributed by atoms with Gasteiger partial charge in [-0.2, -0.15) is 5.10 Å². The number of H-pyrrole nitrogens is 1. The zero-order valence-electron chi connectivity index (χ0n) is 11.4. The molecule has 0 fully saturated rings. The van der Waals surface area contributed by atoms with Gasteiger partial charge in [-0.05, 0) is 31.5 Å². The summed E-state index contributed by atoms with van der Waals surface area (Å²) in [6, 6.07) is 2.96. The zero-order valence-corrected chi connectivity index (χ0v) is 12.2. The molecular weight excluding hydrogens is 280 g/mol. The average molecular weight is 296 g/mol. The van der Waals surface area contributed by atoms with Crippen LogP contribution < -0.4 is 15.2 Å². The highest BCUT2D eigenvalue weighted by Gasteiger charge is 2.22. The van der Waals surface area contributed by atoms with Crippen molar-refractivity contribution in [3.05, 3.63) is 29.5 Å². The third-order valence-electron chi connectivity index (χ3n) is 2.91. The fraction of sp³-hybridized carbons (Fsp3) is 0.250. The molecule has 108 valence electrons. The minimum absolute atomic E-state index is 0.0166. The van der Waals surface area contributed by atoms with E-state index < -0.39 is 10.0 Å². The molecule has 8 heteroatoms. The maximum Gasteiger partial charge on any atom is 0.266 e. The van der Waals surface area contributed by atoms with Crippen LogP contribution in [0, 0.1) is 13.8 Å². The highest BCUT2D eigenvalue weighted by molar-refractivity contribution is 7.92. The number of benzene rings is 1. The molecule has 4 N–H and O–H groups in total. The van der Waals surface area contributed by atoms with Gasteiger partial charge < -0.3 is 10.5 Å². The van der Waals surface area contributed by atoms with E-state index in [0.29, 0.717) is 17.1 Å². The van der Waals surface area contributed by atoms with Gasteiger partial charge in [0, 0.05) is 11.3 Å². The summed E-state index contributed by atoms with van der Waals surface area (Å²) in [5.74, 6) is 0.549. The van der Waals surface area contributed by atoms with Crippen molar-refractivity contribution >= 4 is 21.5 Å². The van der Waals surface area contributed by atoms with E-state index in [1.54, 1.807) is 19.9 Å². The van der Waals surface area contributed by atoms with Crippen LogP contribution in [-0.2, 0) is 10.0 Å². The first-order valence-corrected chi connectivity index (χ1v) is 7.30. The standard InChI is InChI=1S/C12H16N4O3S/c1-7-4-10(19-3)11(5-9(7)13)20(17,18)16-12-8(2)6-14-15-12/h4-6H,13H2,1-3H3,(H2,14,15,16). The van der Waals surface area contributed by atoms with E-state index in [1.165, 1.54) is 19.4 Å². The summed E-state index contributed by atoms with van der Waals surface area (Å²) in [7, 11) is -2.41. The Balaban J connectivity index is 2.49. The van der Waals surface area contributed by atoms with Crippen molar-refractivity contribution in [2.45, 2.75) is 18.7 Å². The second-order valence-electron chi connectivity index (χ2n) is 4.39. The number of ether oxygens (including phenoxy) is 1. The first kappa shape index (κ1) is 14.2. The van der Waals surface area contributed by atoms with E-state index in [4.69, 9.17) is 10.5 Å². The van der Waals surface area contributed by atoms with Crippen LogP contribution in [0.1, 0.15) is 11.1 Å². The van der Waals surface area contributed by atoms with Crippen LogP contribution in [0.5, 0.6) is 5.75 Å². The largest absolute Gasteiger partial charge is 0.495 e. The minimum Gasteiger partial charge on any atom is -0.495 e. The van der Waals surface area contributed by atoms with Crippen molar-refractivity contribution in [2.24, 2.45) is 0 Å². The molecule has 1 heterocycles. The Kier molecular flexibility index (Phi) is 3.58. The number of aromatic nitrogens is 2.